The largest absolute Gasteiger partial charge is 0.480 e. The van der Waals surface area contributed by atoms with Gasteiger partial charge in [-0.1, -0.05) is 0 Å². The van der Waals surface area contributed by atoms with Gasteiger partial charge < -0.3 is 113 Å². The first-order chi connectivity index (χ1) is 42.8. The van der Waals surface area contributed by atoms with Gasteiger partial charge >= 0.3 is 5.97 Å². The number of carboxylic acids is 1. The van der Waals surface area contributed by atoms with Crippen molar-refractivity contribution >= 4 is 76.9 Å². The average Bonchev–Trinajstić information content (AvgIpc) is 1.53. The Hall–Kier alpha value is -7.33. The van der Waals surface area contributed by atoms with Gasteiger partial charge in [0, 0.05) is 6.42 Å². The lowest BCUT2D eigenvalue weighted by Gasteiger charge is -2.29. The molecule has 29 N–H and O–H groups in total. The van der Waals surface area contributed by atoms with Crippen LogP contribution in [0.2, 0.25) is 0 Å². The Morgan fingerprint density at radius 2 is 0.793 bits per heavy atom. The summed E-state index contributed by atoms with van der Waals surface area (Å²) >= 11 is 0. The van der Waals surface area contributed by atoms with Crippen molar-refractivity contribution in [3.8, 4) is 0 Å². The number of hydrogen-bond donors (Lipinski definition) is 23. The summed E-state index contributed by atoms with van der Waals surface area (Å²) in [6, 6.07) is -15.8. The highest BCUT2D eigenvalue weighted by atomic mass is 16.4. The highest BCUT2D eigenvalue weighted by Gasteiger charge is 2.37. The predicted molar refractivity (Wildman–Crippen MR) is 336 cm³/mol. The lowest BCUT2D eigenvalue weighted by molar-refractivity contribution is -0.870. The highest BCUT2D eigenvalue weighted by Crippen LogP contribution is 2.11. The predicted octanol–water partition coefficient (Wildman–Crippen LogP) is -10.1. The van der Waals surface area contributed by atoms with Crippen LogP contribution in [0.15, 0.2) is 0 Å². The van der Waals surface area contributed by atoms with Crippen LogP contribution in [0.1, 0.15) is 119 Å². The maximum absolute atomic E-state index is 14.3. The molecule has 37 nitrogen and oxygen atoms in total. The van der Waals surface area contributed by atoms with E-state index in [0.29, 0.717) is 49.7 Å². The van der Waals surface area contributed by atoms with Gasteiger partial charge in [0.25, 0.3) is 0 Å². The molecule has 0 heterocycles. The Bertz CT molecular complexity index is 2400. The van der Waals surface area contributed by atoms with E-state index >= 15 is 0 Å². The molecule has 0 aromatic heterocycles. The number of rotatable bonds is 48. The molecule has 0 aromatic rings. The van der Waals surface area contributed by atoms with Crippen molar-refractivity contribution in [2.45, 2.75) is 210 Å². The van der Waals surface area contributed by atoms with Crippen molar-refractivity contribution in [1.29, 1.82) is 0 Å². The number of hydrogen-bond acceptors (Lipinski definition) is 23. The summed E-state index contributed by atoms with van der Waals surface area (Å²) in [6.07, 6.45) is -3.90. The van der Waals surface area contributed by atoms with E-state index in [9.17, 15) is 72.5 Å². The molecule has 0 fully saturated rings. The number of nitrogens with two attached hydrogens (primary N) is 6. The van der Waals surface area contributed by atoms with Crippen LogP contribution in [0.25, 0.3) is 0 Å². The van der Waals surface area contributed by atoms with E-state index in [-0.39, 0.29) is 45.2 Å². The van der Waals surface area contributed by atoms with Crippen molar-refractivity contribution < 1.29 is 82.1 Å². The Kier molecular flexibility index (Phi) is 40.7. The maximum atomic E-state index is 14.3. The Morgan fingerprint density at radius 1 is 0.435 bits per heavy atom. The third-order valence-corrected chi connectivity index (χ3v) is 14.0. The number of carbonyl (C=O) groups excluding carboxylic acids is 12. The molecule has 0 aliphatic heterocycles. The van der Waals surface area contributed by atoms with Gasteiger partial charge in [-0.3, -0.25) is 78.3 Å². The first kappa shape index (κ1) is 84.7. The lowest BCUT2D eigenvalue weighted by Crippen LogP contribution is -2.62. The number of nitrogens with one attached hydrogen (secondary N) is 14. The minimum Gasteiger partial charge on any atom is -0.480 e. The van der Waals surface area contributed by atoms with Crippen molar-refractivity contribution in [2.24, 2.45) is 34.4 Å². The van der Waals surface area contributed by atoms with Crippen LogP contribution in [-0.4, -0.2) is 249 Å². The lowest BCUT2D eigenvalue weighted by atomic mass is 10.0. The zero-order chi connectivity index (χ0) is 70.6. The van der Waals surface area contributed by atoms with Gasteiger partial charge in [-0.25, -0.2) is 0 Å². The topological polar surface area (TPSA) is 607 Å². The molecule has 0 bridgehead atoms. The molecule has 37 heteroatoms. The summed E-state index contributed by atoms with van der Waals surface area (Å²) in [5.41, 5.74) is 34.0. The summed E-state index contributed by atoms with van der Waals surface area (Å²) in [6.45, 7) is 8.11. The average molecular weight is 1320 g/mol. The molecule has 0 saturated heterocycles. The molecule has 12 amide bonds. The monoisotopic (exact) mass is 1320 g/mol. The number of carboxylic acid groups (broad SMARTS) is 1. The smallest absolute Gasteiger partial charge is 0.322 e. The SMILES string of the molecule is CNC(N)NCCC[C@H](NC(=O)[C@H](C)N)C(=O)N[C@H](C(=O)N[C@@H](CCCC[N+](C)(C)C)C(=O)N[C@@H](CCC(N)=O)C(=O)N[C@H](C(=O)N[C@@H](C)C(=O)N[C@@H](CCCNC(N)N)C(=O)N[C@@H](CCCCN)C(=O)N[C@@H](C)C(=O)N[C@@H](C)C(=O)NCC(=O)O)[C@@H](C)O)[C@@H](C)O. The molecule has 0 radical (unpaired) electrons. The van der Waals surface area contributed by atoms with Crippen LogP contribution in [0, 0.1) is 0 Å². The van der Waals surface area contributed by atoms with Crippen LogP contribution in [0.3, 0.4) is 0 Å². The van der Waals surface area contributed by atoms with Crippen LogP contribution in [0.5, 0.6) is 0 Å². The molecule has 0 aliphatic carbocycles. The van der Waals surface area contributed by atoms with Crippen LogP contribution >= 0.6 is 0 Å². The van der Waals surface area contributed by atoms with Gasteiger partial charge in [-0.05, 0) is 139 Å². The fourth-order valence-electron chi connectivity index (χ4n) is 8.49. The molecule has 1 unspecified atom stereocenters. The van der Waals surface area contributed by atoms with Gasteiger partial charge in [0.1, 0.15) is 79.5 Å². The Balaban J connectivity index is 6.80. The zero-order valence-electron chi connectivity index (χ0n) is 54.7. The van der Waals surface area contributed by atoms with Gasteiger partial charge in [-0.2, -0.15) is 0 Å². The van der Waals surface area contributed by atoms with E-state index < -0.39 is 187 Å². The van der Waals surface area contributed by atoms with Crippen molar-refractivity contribution in [3.63, 3.8) is 0 Å². The molecule has 0 aliphatic rings. The van der Waals surface area contributed by atoms with Crippen LogP contribution in [-0.2, 0) is 62.3 Å². The minimum absolute atomic E-state index is 0.00117. The molecule has 528 valence electrons. The molecular weight excluding hydrogens is 1210 g/mol. The fourth-order valence-corrected chi connectivity index (χ4v) is 8.49. The zero-order valence-corrected chi connectivity index (χ0v) is 54.7. The van der Waals surface area contributed by atoms with Crippen LogP contribution < -0.4 is 109 Å². The van der Waals surface area contributed by atoms with Crippen LogP contribution in [0.4, 0.5) is 0 Å². The van der Waals surface area contributed by atoms with E-state index in [4.69, 9.17) is 39.5 Å². The quantitative estimate of drug-likeness (QED) is 0.0153. The van der Waals surface area contributed by atoms with Gasteiger partial charge in [0.05, 0.1) is 45.9 Å². The number of amides is 12. The standard InChI is InChI=1S/C55H107N21O16/c1-28(57)43(82)69-37(20-16-25-64-55(61)62-7)50(89)75-42(33(6)78)53(92)73-35(18-12-14-26-76(8,9)10)48(87)72-38(21-22-39(58)79)51(90)74-41(32(5)77)52(91)68-31(4)46(85)70-36(19-15-24-63-54(59)60)49(88)71-34(17-11-13-23-56)47(86)67-30(3)45(84)66-29(2)44(83)65-27-40(80)81/h28-38,41-42,54-55,62-64,77-78H,11-27,56-57,59-61H2,1-10H3,(H13-,58,65,66,67,68,69,70,71,72,73,74,75,79,80,81,82,83,84,85,86,87,88,89,90,91,92)/p+1/t28-,29-,30-,31-,32+,33+,34-,35-,36-,37-,38-,41-,42-,55?/m0/s1. The van der Waals surface area contributed by atoms with Crippen molar-refractivity contribution in [1.82, 2.24) is 74.4 Å². The first-order valence-electron chi connectivity index (χ1n) is 30.7. The number of nitrogens with zero attached hydrogens (tertiary/aromatic N) is 1. The van der Waals surface area contributed by atoms with Gasteiger partial charge in [0.2, 0.25) is 70.9 Å². The molecule has 0 saturated carbocycles. The van der Waals surface area contributed by atoms with E-state index in [1.54, 1.807) is 7.05 Å². The van der Waals surface area contributed by atoms with E-state index in [1.807, 2.05) is 21.1 Å². The number of primary amides is 1. The van der Waals surface area contributed by atoms with Gasteiger partial charge in [-0.15, -0.1) is 0 Å². The number of aliphatic hydroxyl groups is 2. The molecular formula is C55H108N21O16+. The maximum Gasteiger partial charge on any atom is 0.322 e. The number of unbranched alkanes of at least 4 members (excludes halogenated alkanes) is 2. The van der Waals surface area contributed by atoms with E-state index in [0.717, 1.165) is 6.92 Å². The summed E-state index contributed by atoms with van der Waals surface area (Å²) in [5.74, 6) is -12.4. The molecule has 0 rings (SSSR count). The summed E-state index contributed by atoms with van der Waals surface area (Å²) in [5, 5.41) is 65.9. The highest BCUT2D eigenvalue weighted by molar-refractivity contribution is 5.99. The molecule has 0 aromatic carbocycles. The number of aliphatic carboxylic acids is 1. The minimum atomic E-state index is -1.86. The third-order valence-electron chi connectivity index (χ3n) is 14.0. The number of carbonyl (C=O) groups is 13. The van der Waals surface area contributed by atoms with Gasteiger partial charge in [0.15, 0.2) is 0 Å². The Morgan fingerprint density at radius 3 is 1.22 bits per heavy atom. The van der Waals surface area contributed by atoms with Crippen molar-refractivity contribution in [2.75, 3.05) is 60.9 Å². The second-order valence-corrected chi connectivity index (χ2v) is 23.6. The normalized spacial score (nSPS) is 16.0. The first-order valence-corrected chi connectivity index (χ1v) is 30.7. The third kappa shape index (κ3) is 36.1. The molecule has 14 atom stereocenters. The molecule has 0 spiro atoms. The summed E-state index contributed by atoms with van der Waals surface area (Å²) < 4.78 is 0.535. The van der Waals surface area contributed by atoms with Crippen molar-refractivity contribution in [3.05, 3.63) is 0 Å². The summed E-state index contributed by atoms with van der Waals surface area (Å²) in [7, 11) is 7.43. The number of quaternary nitrogens is 1. The summed E-state index contributed by atoms with van der Waals surface area (Å²) in [4.78, 5) is 173. The van der Waals surface area contributed by atoms with E-state index in [2.05, 4.69) is 74.4 Å². The second-order valence-electron chi connectivity index (χ2n) is 23.6. The fraction of sp³-hybridized carbons (Fsp3) is 0.764. The second kappa shape index (κ2) is 44.3. The van der Waals surface area contributed by atoms with E-state index in [1.165, 1.54) is 34.6 Å². The molecule has 92 heavy (non-hydrogen) atoms. The Labute approximate surface area is 537 Å². The number of aliphatic hydroxyl groups excluding tert-OH is 2.